The van der Waals surface area contributed by atoms with Crippen LogP contribution in [0.1, 0.15) is 32.8 Å². The predicted octanol–water partition coefficient (Wildman–Crippen LogP) is 3.85. The maximum Gasteiger partial charge on any atom is 0.155 e. The molecule has 0 aliphatic rings. The Kier molecular flexibility index (Phi) is 6.72. The number of hydrogen-bond donors (Lipinski definition) is 0. The van der Waals surface area contributed by atoms with E-state index < -0.39 is 14.6 Å². The highest BCUT2D eigenvalue weighted by atomic mass is 79.9. The number of ether oxygens (including phenoxy) is 1. The number of sulfone groups is 1. The first-order valence-corrected chi connectivity index (χ1v) is 9.88. The van der Waals surface area contributed by atoms with Gasteiger partial charge in [-0.05, 0) is 57.2 Å². The summed E-state index contributed by atoms with van der Waals surface area (Å²) in [4.78, 5) is 0. The SMILES string of the molecule is COc1cccc(CC(CBr)CCS(=O)(=O)C(C)(C)C)c1. The average molecular weight is 377 g/mol. The second kappa shape index (κ2) is 7.63. The minimum Gasteiger partial charge on any atom is -0.497 e. The molecule has 0 radical (unpaired) electrons. The topological polar surface area (TPSA) is 43.4 Å². The fourth-order valence-corrected chi connectivity index (χ4v) is 3.80. The van der Waals surface area contributed by atoms with Crippen molar-refractivity contribution in [3.63, 3.8) is 0 Å². The zero-order chi connectivity index (χ0) is 16.1. The van der Waals surface area contributed by atoms with Crippen LogP contribution in [0.4, 0.5) is 0 Å². The molecule has 1 aromatic rings. The molecule has 0 bridgehead atoms. The maximum atomic E-state index is 12.2. The Bertz CT molecular complexity index is 547. The van der Waals surface area contributed by atoms with Gasteiger partial charge in [-0.25, -0.2) is 8.42 Å². The van der Waals surface area contributed by atoms with Crippen LogP contribution in [0.25, 0.3) is 0 Å². The Morgan fingerprint density at radius 3 is 2.48 bits per heavy atom. The fourth-order valence-electron chi connectivity index (χ4n) is 1.99. The molecule has 120 valence electrons. The summed E-state index contributed by atoms with van der Waals surface area (Å²) in [5.74, 6) is 1.37. The van der Waals surface area contributed by atoms with Crippen LogP contribution in [-0.2, 0) is 16.3 Å². The normalized spacial score (nSPS) is 14.0. The van der Waals surface area contributed by atoms with Crippen molar-refractivity contribution in [2.45, 2.75) is 38.4 Å². The van der Waals surface area contributed by atoms with Crippen molar-refractivity contribution in [3.8, 4) is 5.75 Å². The van der Waals surface area contributed by atoms with E-state index in [0.29, 0.717) is 12.3 Å². The summed E-state index contributed by atoms with van der Waals surface area (Å²) in [6.45, 7) is 5.27. The van der Waals surface area contributed by atoms with Crippen LogP contribution < -0.4 is 4.74 Å². The third kappa shape index (κ3) is 5.62. The summed E-state index contributed by atoms with van der Waals surface area (Å²) in [6, 6.07) is 7.94. The molecule has 0 saturated carbocycles. The van der Waals surface area contributed by atoms with Crippen molar-refractivity contribution >= 4 is 25.8 Å². The lowest BCUT2D eigenvalue weighted by atomic mass is 9.99. The van der Waals surface area contributed by atoms with Gasteiger partial charge in [0.1, 0.15) is 5.75 Å². The summed E-state index contributed by atoms with van der Waals surface area (Å²) in [5.41, 5.74) is 1.17. The molecule has 1 unspecified atom stereocenters. The number of rotatable bonds is 7. The molecule has 3 nitrogen and oxygen atoms in total. The molecule has 0 saturated heterocycles. The van der Waals surface area contributed by atoms with Crippen molar-refractivity contribution in [1.29, 1.82) is 0 Å². The van der Waals surface area contributed by atoms with Gasteiger partial charge in [-0.15, -0.1) is 0 Å². The van der Waals surface area contributed by atoms with Crippen molar-refractivity contribution in [3.05, 3.63) is 29.8 Å². The van der Waals surface area contributed by atoms with Gasteiger partial charge in [0.25, 0.3) is 0 Å². The van der Waals surface area contributed by atoms with Crippen LogP contribution >= 0.6 is 15.9 Å². The molecule has 1 aromatic carbocycles. The van der Waals surface area contributed by atoms with Crippen LogP contribution in [0, 0.1) is 5.92 Å². The third-order valence-corrected chi connectivity index (χ3v) is 7.16. The zero-order valence-electron chi connectivity index (χ0n) is 13.2. The zero-order valence-corrected chi connectivity index (χ0v) is 15.6. The minimum atomic E-state index is -3.05. The van der Waals surface area contributed by atoms with E-state index in [1.54, 1.807) is 27.9 Å². The van der Waals surface area contributed by atoms with Gasteiger partial charge in [-0.3, -0.25) is 0 Å². The molecule has 1 rings (SSSR count). The van der Waals surface area contributed by atoms with Gasteiger partial charge < -0.3 is 4.74 Å². The van der Waals surface area contributed by atoms with E-state index in [1.807, 2.05) is 18.2 Å². The number of benzene rings is 1. The summed E-state index contributed by atoms with van der Waals surface area (Å²) < 4.78 is 28.9. The molecule has 5 heteroatoms. The van der Waals surface area contributed by atoms with Gasteiger partial charge in [0.15, 0.2) is 9.84 Å². The lowest BCUT2D eigenvalue weighted by Crippen LogP contribution is -2.31. The van der Waals surface area contributed by atoms with Crippen LogP contribution in [0.3, 0.4) is 0 Å². The second-order valence-corrected chi connectivity index (χ2v) is 9.81. The molecule has 1 atom stereocenters. The monoisotopic (exact) mass is 376 g/mol. The van der Waals surface area contributed by atoms with E-state index in [2.05, 4.69) is 22.0 Å². The first kappa shape index (κ1) is 18.5. The van der Waals surface area contributed by atoms with E-state index >= 15 is 0 Å². The largest absolute Gasteiger partial charge is 0.497 e. The van der Waals surface area contributed by atoms with Gasteiger partial charge in [-0.2, -0.15) is 0 Å². The van der Waals surface area contributed by atoms with E-state index in [0.717, 1.165) is 17.5 Å². The van der Waals surface area contributed by atoms with E-state index in [9.17, 15) is 8.42 Å². The van der Waals surface area contributed by atoms with Crippen LogP contribution in [0.5, 0.6) is 5.75 Å². The Morgan fingerprint density at radius 2 is 1.95 bits per heavy atom. The number of hydrogen-bond acceptors (Lipinski definition) is 3. The number of methoxy groups -OCH3 is 1. The average Bonchev–Trinajstić information content (AvgIpc) is 2.42. The van der Waals surface area contributed by atoms with Crippen molar-refractivity contribution < 1.29 is 13.2 Å². The summed E-state index contributed by atoms with van der Waals surface area (Å²) in [6.07, 6.45) is 1.52. The highest BCUT2D eigenvalue weighted by molar-refractivity contribution is 9.09. The summed E-state index contributed by atoms with van der Waals surface area (Å²) in [5, 5.41) is 0.796. The van der Waals surface area contributed by atoms with Gasteiger partial charge >= 0.3 is 0 Å². The van der Waals surface area contributed by atoms with Crippen molar-refractivity contribution in [1.82, 2.24) is 0 Å². The summed E-state index contributed by atoms with van der Waals surface area (Å²) in [7, 11) is -1.40. The fraction of sp³-hybridized carbons (Fsp3) is 0.625. The van der Waals surface area contributed by atoms with Crippen LogP contribution in [-0.4, -0.2) is 31.4 Å². The van der Waals surface area contributed by atoms with E-state index in [-0.39, 0.29) is 5.75 Å². The van der Waals surface area contributed by atoms with Gasteiger partial charge in [0.05, 0.1) is 17.6 Å². The van der Waals surface area contributed by atoms with Gasteiger partial charge in [0, 0.05) is 5.33 Å². The standard InChI is InChI=1S/C16H25BrO3S/c1-16(2,3)21(18,19)9-8-14(12-17)10-13-6-5-7-15(11-13)20-4/h5-7,11,14H,8-10,12H2,1-4H3. The molecular weight excluding hydrogens is 352 g/mol. The molecule has 0 N–H and O–H groups in total. The highest BCUT2D eigenvalue weighted by Gasteiger charge is 2.29. The molecule has 0 spiro atoms. The third-order valence-electron chi connectivity index (χ3n) is 3.60. The Balaban J connectivity index is 2.68. The van der Waals surface area contributed by atoms with Crippen LogP contribution in [0.15, 0.2) is 24.3 Å². The lowest BCUT2D eigenvalue weighted by molar-refractivity contribution is 0.413. The van der Waals surface area contributed by atoms with Crippen molar-refractivity contribution in [2.75, 3.05) is 18.2 Å². The van der Waals surface area contributed by atoms with E-state index in [1.165, 1.54) is 5.56 Å². The minimum absolute atomic E-state index is 0.233. The quantitative estimate of drug-likeness (QED) is 0.678. The van der Waals surface area contributed by atoms with E-state index in [4.69, 9.17) is 4.74 Å². The Labute approximate surface area is 137 Å². The highest BCUT2D eigenvalue weighted by Crippen LogP contribution is 2.23. The summed E-state index contributed by atoms with van der Waals surface area (Å²) >= 11 is 3.50. The smallest absolute Gasteiger partial charge is 0.155 e. The first-order chi connectivity index (χ1) is 9.69. The van der Waals surface area contributed by atoms with Gasteiger partial charge in [0.2, 0.25) is 0 Å². The molecule has 0 fully saturated rings. The van der Waals surface area contributed by atoms with Crippen molar-refractivity contribution in [2.24, 2.45) is 5.92 Å². The van der Waals surface area contributed by atoms with Gasteiger partial charge in [-0.1, -0.05) is 28.1 Å². The molecule has 0 heterocycles. The number of halogens is 1. The second-order valence-electron chi connectivity index (χ2n) is 6.30. The predicted molar refractivity (Wildman–Crippen MR) is 92.1 cm³/mol. The maximum absolute atomic E-state index is 12.2. The molecule has 0 aliphatic heterocycles. The first-order valence-electron chi connectivity index (χ1n) is 7.11. The Hall–Kier alpha value is -0.550. The molecule has 0 aromatic heterocycles. The molecule has 0 aliphatic carbocycles. The molecule has 21 heavy (non-hydrogen) atoms. The lowest BCUT2D eigenvalue weighted by Gasteiger charge is -2.21. The molecular formula is C16H25BrO3S. The van der Waals surface area contributed by atoms with Crippen LogP contribution in [0.2, 0.25) is 0 Å². The number of alkyl halides is 1. The molecule has 0 amide bonds. The Morgan fingerprint density at radius 1 is 1.29 bits per heavy atom.